The number of benzene rings is 1. The molecule has 2 aromatic rings. The molecule has 1 aromatic heterocycles. The number of aromatic nitrogens is 2. The van der Waals surface area contributed by atoms with E-state index in [1.165, 1.54) is 0 Å². The van der Waals surface area contributed by atoms with Gasteiger partial charge in [-0.2, -0.15) is 4.98 Å². The Morgan fingerprint density at radius 3 is 2.84 bits per heavy atom. The van der Waals surface area contributed by atoms with Crippen LogP contribution in [-0.4, -0.2) is 45.9 Å². The second-order valence-electron chi connectivity index (χ2n) is 6.95. The van der Waals surface area contributed by atoms with Crippen molar-refractivity contribution in [1.82, 2.24) is 15.0 Å². The Bertz CT molecular complexity index is 644. The molecule has 2 atom stereocenters. The summed E-state index contributed by atoms with van der Waals surface area (Å²) < 4.78 is 11.0. The predicted molar refractivity (Wildman–Crippen MR) is 94.0 cm³/mol. The fourth-order valence-electron chi connectivity index (χ4n) is 3.16. The van der Waals surface area contributed by atoms with E-state index in [1.54, 1.807) is 0 Å². The highest BCUT2D eigenvalue weighted by atomic mass is 16.5. The maximum absolute atomic E-state index is 10.3. The van der Waals surface area contributed by atoms with Crippen LogP contribution in [0.15, 0.2) is 34.9 Å². The van der Waals surface area contributed by atoms with Gasteiger partial charge in [0.25, 0.3) is 0 Å². The van der Waals surface area contributed by atoms with E-state index >= 15 is 0 Å². The summed E-state index contributed by atoms with van der Waals surface area (Å²) in [6.07, 6.45) is 1.54. The summed E-state index contributed by atoms with van der Waals surface area (Å²) in [4.78, 5) is 6.75. The third-order valence-electron chi connectivity index (χ3n) is 4.48. The van der Waals surface area contributed by atoms with E-state index < -0.39 is 6.10 Å². The van der Waals surface area contributed by atoms with Gasteiger partial charge in [-0.3, -0.25) is 4.90 Å². The molecule has 136 valence electrons. The highest BCUT2D eigenvalue weighted by Crippen LogP contribution is 2.30. The Morgan fingerprint density at radius 1 is 1.32 bits per heavy atom. The number of aliphatic hydroxyl groups excluding tert-OH is 1. The number of rotatable bonds is 8. The molecule has 0 amide bonds. The van der Waals surface area contributed by atoms with Gasteiger partial charge in [0.05, 0.1) is 25.4 Å². The van der Waals surface area contributed by atoms with E-state index in [0.717, 1.165) is 30.8 Å². The lowest BCUT2D eigenvalue weighted by molar-refractivity contribution is 0.00710. The lowest BCUT2D eigenvalue weighted by Gasteiger charge is -2.24. The monoisotopic (exact) mass is 345 g/mol. The van der Waals surface area contributed by atoms with Crippen LogP contribution in [0.2, 0.25) is 0 Å². The highest BCUT2D eigenvalue weighted by Gasteiger charge is 2.31. The summed E-state index contributed by atoms with van der Waals surface area (Å²) in [5.41, 5.74) is 1.11. The molecule has 1 aliphatic rings. The zero-order valence-electron chi connectivity index (χ0n) is 15.0. The first kappa shape index (κ1) is 18.0. The molecule has 2 heterocycles. The third kappa shape index (κ3) is 4.87. The first-order valence-corrected chi connectivity index (χ1v) is 9.00. The number of ether oxygens (including phenoxy) is 1. The molecule has 1 N–H and O–H groups in total. The molecule has 1 fully saturated rings. The van der Waals surface area contributed by atoms with Gasteiger partial charge in [-0.15, -0.1) is 0 Å². The van der Waals surface area contributed by atoms with Crippen LogP contribution in [0, 0.1) is 0 Å². The maximum atomic E-state index is 10.3. The van der Waals surface area contributed by atoms with E-state index in [-0.39, 0.29) is 12.0 Å². The van der Waals surface area contributed by atoms with Crippen molar-refractivity contribution in [3.8, 4) is 0 Å². The molecular weight excluding hydrogens is 318 g/mol. The molecule has 0 bridgehead atoms. The van der Waals surface area contributed by atoms with Crippen LogP contribution in [-0.2, 0) is 11.3 Å². The topological polar surface area (TPSA) is 71.6 Å². The fraction of sp³-hybridized carbons (Fsp3) is 0.579. The summed E-state index contributed by atoms with van der Waals surface area (Å²) in [5.74, 6) is 1.64. The van der Waals surface area contributed by atoms with Crippen LogP contribution in [0.1, 0.15) is 55.9 Å². The van der Waals surface area contributed by atoms with Gasteiger partial charge in [-0.1, -0.05) is 49.3 Å². The Balaban J connectivity index is 1.48. The van der Waals surface area contributed by atoms with Gasteiger partial charge in [0.15, 0.2) is 5.82 Å². The average molecular weight is 345 g/mol. The summed E-state index contributed by atoms with van der Waals surface area (Å²) in [6, 6.07) is 10.1. The van der Waals surface area contributed by atoms with Gasteiger partial charge in [0, 0.05) is 12.5 Å². The number of hydrogen-bond donors (Lipinski definition) is 1. The minimum absolute atomic E-state index is 0.125. The fourth-order valence-corrected chi connectivity index (χ4v) is 3.16. The Kier molecular flexibility index (Phi) is 6.18. The molecule has 25 heavy (non-hydrogen) atoms. The van der Waals surface area contributed by atoms with Gasteiger partial charge >= 0.3 is 0 Å². The standard InChI is InChI=1S/C19H27N3O3/c1-14(2)19-20-18(21-25-19)17-9-6-10-22(17)11-16(23)13-24-12-15-7-4-3-5-8-15/h3-5,7-8,14,16-17,23H,6,9-13H2,1-2H3/t16-,17+/m0/s1. The summed E-state index contributed by atoms with van der Waals surface area (Å²) in [6.45, 7) is 6.41. The van der Waals surface area contributed by atoms with E-state index in [9.17, 15) is 5.11 Å². The smallest absolute Gasteiger partial charge is 0.229 e. The van der Waals surface area contributed by atoms with Crippen molar-refractivity contribution in [3.63, 3.8) is 0 Å². The maximum Gasteiger partial charge on any atom is 0.229 e. The van der Waals surface area contributed by atoms with Crippen molar-refractivity contribution in [3.05, 3.63) is 47.6 Å². The molecule has 0 radical (unpaired) electrons. The van der Waals surface area contributed by atoms with E-state index in [0.29, 0.717) is 25.6 Å². The van der Waals surface area contributed by atoms with Gasteiger partial charge < -0.3 is 14.4 Å². The van der Waals surface area contributed by atoms with E-state index in [1.807, 2.05) is 44.2 Å². The molecule has 0 aliphatic carbocycles. The lowest BCUT2D eigenvalue weighted by atomic mass is 10.2. The molecule has 0 spiro atoms. The van der Waals surface area contributed by atoms with E-state index in [4.69, 9.17) is 9.26 Å². The van der Waals surface area contributed by atoms with Gasteiger partial charge in [0.2, 0.25) is 5.89 Å². The van der Waals surface area contributed by atoms with Crippen LogP contribution in [0.3, 0.4) is 0 Å². The van der Waals surface area contributed by atoms with Crippen LogP contribution in [0.4, 0.5) is 0 Å². The Labute approximate surface area is 148 Å². The number of nitrogens with zero attached hydrogens (tertiary/aromatic N) is 3. The van der Waals surface area contributed by atoms with Crippen LogP contribution in [0.5, 0.6) is 0 Å². The quantitative estimate of drug-likeness (QED) is 0.793. The molecule has 6 heteroatoms. The molecule has 6 nitrogen and oxygen atoms in total. The van der Waals surface area contributed by atoms with Crippen molar-refractivity contribution in [2.45, 2.75) is 51.4 Å². The van der Waals surface area contributed by atoms with Crippen molar-refractivity contribution >= 4 is 0 Å². The zero-order valence-corrected chi connectivity index (χ0v) is 15.0. The number of β-amino-alcohol motifs (C(OH)–C–C–N with tert-alkyl or cyclic N) is 1. The number of likely N-dealkylation sites (tertiary alicyclic amines) is 1. The summed E-state index contributed by atoms with van der Waals surface area (Å²) in [5, 5.41) is 14.5. The minimum atomic E-state index is -0.527. The third-order valence-corrected chi connectivity index (χ3v) is 4.48. The molecule has 1 saturated heterocycles. The largest absolute Gasteiger partial charge is 0.389 e. The van der Waals surface area contributed by atoms with Gasteiger partial charge in [0.1, 0.15) is 0 Å². The molecule has 1 aliphatic heterocycles. The Morgan fingerprint density at radius 2 is 2.12 bits per heavy atom. The van der Waals surface area contributed by atoms with Crippen molar-refractivity contribution in [2.24, 2.45) is 0 Å². The predicted octanol–water partition coefficient (Wildman–Crippen LogP) is 2.91. The normalized spacial score (nSPS) is 19.6. The lowest BCUT2D eigenvalue weighted by Crippen LogP contribution is -2.35. The second-order valence-corrected chi connectivity index (χ2v) is 6.95. The number of aliphatic hydroxyl groups is 1. The summed E-state index contributed by atoms with van der Waals surface area (Å²) in [7, 11) is 0. The van der Waals surface area contributed by atoms with E-state index in [2.05, 4.69) is 15.0 Å². The van der Waals surface area contributed by atoms with Crippen LogP contribution < -0.4 is 0 Å². The zero-order chi connectivity index (χ0) is 17.6. The summed E-state index contributed by atoms with van der Waals surface area (Å²) >= 11 is 0. The first-order valence-electron chi connectivity index (χ1n) is 9.00. The van der Waals surface area contributed by atoms with Crippen LogP contribution >= 0.6 is 0 Å². The molecule has 1 aromatic carbocycles. The molecule has 0 unspecified atom stereocenters. The SMILES string of the molecule is CC(C)c1nc([C@H]2CCCN2C[C@H](O)COCc2ccccc2)no1. The average Bonchev–Trinajstić information content (AvgIpc) is 3.24. The minimum Gasteiger partial charge on any atom is -0.389 e. The molecule has 3 rings (SSSR count). The first-order chi connectivity index (χ1) is 12.1. The number of hydrogen-bond acceptors (Lipinski definition) is 6. The van der Waals surface area contributed by atoms with Gasteiger partial charge in [-0.05, 0) is 24.9 Å². The molecular formula is C19H27N3O3. The highest BCUT2D eigenvalue weighted by molar-refractivity contribution is 5.13. The van der Waals surface area contributed by atoms with Crippen molar-refractivity contribution in [2.75, 3.05) is 19.7 Å². The second kappa shape index (κ2) is 8.56. The Hall–Kier alpha value is -1.76. The van der Waals surface area contributed by atoms with Crippen LogP contribution in [0.25, 0.3) is 0 Å². The van der Waals surface area contributed by atoms with Crippen molar-refractivity contribution in [1.29, 1.82) is 0 Å². The molecule has 0 saturated carbocycles. The van der Waals surface area contributed by atoms with Gasteiger partial charge in [-0.25, -0.2) is 0 Å². The van der Waals surface area contributed by atoms with Crippen molar-refractivity contribution < 1.29 is 14.4 Å².